The third-order valence-corrected chi connectivity index (χ3v) is 4.33. The van der Waals surface area contributed by atoms with Crippen molar-refractivity contribution in [3.63, 3.8) is 0 Å². The van der Waals surface area contributed by atoms with Crippen LogP contribution in [-0.4, -0.2) is 29.6 Å². The largest absolute Gasteiger partial charge is 0.496 e. The second-order valence-corrected chi connectivity index (χ2v) is 6.85. The lowest BCUT2D eigenvalue weighted by Crippen LogP contribution is -2.27. The summed E-state index contributed by atoms with van der Waals surface area (Å²) in [4.78, 5) is 14.1. The van der Waals surface area contributed by atoms with Crippen LogP contribution >= 0.6 is 0 Å². The van der Waals surface area contributed by atoms with Gasteiger partial charge in [0.05, 0.1) is 13.7 Å². The smallest absolute Gasteiger partial charge is 0.223 e. The van der Waals surface area contributed by atoms with Crippen LogP contribution < -0.4 is 4.74 Å². The molecule has 0 radical (unpaired) electrons. The number of likely N-dealkylation sites (tertiary alicyclic amines) is 1. The molecule has 1 fully saturated rings. The molecule has 4 heteroatoms. The van der Waals surface area contributed by atoms with Crippen molar-refractivity contribution in [2.24, 2.45) is 11.3 Å². The summed E-state index contributed by atoms with van der Waals surface area (Å²) in [5.74, 6) is 1.35. The molecule has 0 saturated carbocycles. The van der Waals surface area contributed by atoms with E-state index >= 15 is 0 Å². The number of carbonyl (C=O) groups excluding carboxylic acids is 1. The van der Waals surface area contributed by atoms with Crippen LogP contribution in [0, 0.1) is 11.3 Å². The van der Waals surface area contributed by atoms with Crippen molar-refractivity contribution in [2.45, 2.75) is 40.3 Å². The summed E-state index contributed by atoms with van der Waals surface area (Å²) in [7, 11) is 1.63. The monoisotopic (exact) mass is 291 g/mol. The van der Waals surface area contributed by atoms with Crippen molar-refractivity contribution >= 4 is 5.91 Å². The zero-order valence-corrected chi connectivity index (χ0v) is 13.3. The number of nitrogens with zero attached hydrogens (tertiary/aromatic N) is 1. The van der Waals surface area contributed by atoms with Gasteiger partial charge in [-0.15, -0.1) is 0 Å². The Labute approximate surface area is 126 Å². The standard InChI is InChI=1S/C17H25NO3/c1-17(2,3)14-8-16(20)18(10-14)9-13-7-12(11-19)5-6-15(13)21-4/h5-7,14,19H,8-11H2,1-4H3. The van der Waals surface area contributed by atoms with E-state index in [1.807, 2.05) is 23.1 Å². The molecule has 1 saturated heterocycles. The van der Waals surface area contributed by atoms with E-state index < -0.39 is 0 Å². The summed E-state index contributed by atoms with van der Waals surface area (Å²) in [5.41, 5.74) is 1.93. The molecule has 1 atom stereocenters. The molecule has 1 aliphatic heterocycles. The molecule has 1 aliphatic rings. The van der Waals surface area contributed by atoms with Crippen LogP contribution in [0.4, 0.5) is 0 Å². The first kappa shape index (κ1) is 15.8. The lowest BCUT2D eigenvalue weighted by atomic mass is 9.80. The fraction of sp³-hybridized carbons (Fsp3) is 0.588. The molecule has 1 heterocycles. The summed E-state index contributed by atoms with van der Waals surface area (Å²) in [6.07, 6.45) is 0.617. The summed E-state index contributed by atoms with van der Waals surface area (Å²) in [6.45, 7) is 7.87. The van der Waals surface area contributed by atoms with Gasteiger partial charge in [-0.05, 0) is 29.0 Å². The average Bonchev–Trinajstić information content (AvgIpc) is 2.80. The van der Waals surface area contributed by atoms with E-state index in [0.29, 0.717) is 18.9 Å². The summed E-state index contributed by atoms with van der Waals surface area (Å²) in [5, 5.41) is 9.27. The topological polar surface area (TPSA) is 49.8 Å². The van der Waals surface area contributed by atoms with Crippen LogP contribution in [0.2, 0.25) is 0 Å². The number of methoxy groups -OCH3 is 1. The van der Waals surface area contributed by atoms with Crippen molar-refractivity contribution in [3.8, 4) is 5.75 Å². The predicted molar refractivity (Wildman–Crippen MR) is 81.9 cm³/mol. The van der Waals surface area contributed by atoms with Crippen molar-refractivity contribution in [1.29, 1.82) is 0 Å². The molecule has 1 unspecified atom stereocenters. The van der Waals surface area contributed by atoms with E-state index in [1.54, 1.807) is 7.11 Å². The Balaban J connectivity index is 2.16. The molecule has 1 aromatic rings. The van der Waals surface area contributed by atoms with E-state index in [4.69, 9.17) is 4.74 Å². The maximum Gasteiger partial charge on any atom is 0.223 e. The minimum atomic E-state index is -0.00441. The van der Waals surface area contributed by atoms with Crippen molar-refractivity contribution in [2.75, 3.05) is 13.7 Å². The van der Waals surface area contributed by atoms with Crippen LogP contribution in [-0.2, 0) is 17.9 Å². The molecular formula is C17H25NO3. The minimum absolute atomic E-state index is 0.00441. The second kappa shape index (κ2) is 6.06. The minimum Gasteiger partial charge on any atom is -0.496 e. The predicted octanol–water partition coefficient (Wildman–Crippen LogP) is 2.58. The maximum absolute atomic E-state index is 12.2. The quantitative estimate of drug-likeness (QED) is 0.927. The third-order valence-electron chi connectivity index (χ3n) is 4.33. The Morgan fingerprint density at radius 1 is 1.38 bits per heavy atom. The van der Waals surface area contributed by atoms with Gasteiger partial charge in [0.1, 0.15) is 5.75 Å². The molecule has 0 bridgehead atoms. The Morgan fingerprint density at radius 3 is 2.62 bits per heavy atom. The van der Waals surface area contributed by atoms with Gasteiger partial charge < -0.3 is 14.7 Å². The van der Waals surface area contributed by atoms with Crippen molar-refractivity contribution < 1.29 is 14.6 Å². The number of hydrogen-bond donors (Lipinski definition) is 1. The van der Waals surface area contributed by atoms with Gasteiger partial charge in [0.25, 0.3) is 0 Å². The normalized spacial score (nSPS) is 19.2. The summed E-state index contributed by atoms with van der Waals surface area (Å²) in [6, 6.07) is 5.60. The van der Waals surface area contributed by atoms with Crippen LogP contribution in [0.25, 0.3) is 0 Å². The maximum atomic E-state index is 12.2. The highest BCUT2D eigenvalue weighted by Crippen LogP contribution is 2.35. The van der Waals surface area contributed by atoms with E-state index in [9.17, 15) is 9.90 Å². The number of amides is 1. The number of hydrogen-bond acceptors (Lipinski definition) is 3. The van der Waals surface area contributed by atoms with Gasteiger partial charge in [-0.3, -0.25) is 4.79 Å². The van der Waals surface area contributed by atoms with E-state index in [2.05, 4.69) is 20.8 Å². The molecular weight excluding hydrogens is 266 g/mol. The van der Waals surface area contributed by atoms with Gasteiger partial charge in [-0.2, -0.15) is 0 Å². The zero-order chi connectivity index (χ0) is 15.6. The first-order valence-corrected chi connectivity index (χ1v) is 7.39. The molecule has 21 heavy (non-hydrogen) atoms. The number of aliphatic hydroxyl groups is 1. The molecule has 0 aromatic heterocycles. The van der Waals surface area contributed by atoms with Crippen LogP contribution in [0.1, 0.15) is 38.3 Å². The Kier molecular flexibility index (Phi) is 4.57. The van der Waals surface area contributed by atoms with Crippen molar-refractivity contribution in [3.05, 3.63) is 29.3 Å². The van der Waals surface area contributed by atoms with Crippen LogP contribution in [0.15, 0.2) is 18.2 Å². The molecule has 0 spiro atoms. The van der Waals surface area contributed by atoms with Crippen LogP contribution in [0.3, 0.4) is 0 Å². The summed E-state index contributed by atoms with van der Waals surface area (Å²) >= 11 is 0. The molecule has 4 nitrogen and oxygen atoms in total. The first-order valence-electron chi connectivity index (χ1n) is 7.39. The molecule has 116 valence electrons. The highest BCUT2D eigenvalue weighted by atomic mass is 16.5. The molecule has 2 rings (SSSR count). The highest BCUT2D eigenvalue weighted by molar-refractivity contribution is 5.78. The number of carbonyl (C=O) groups is 1. The lowest BCUT2D eigenvalue weighted by Gasteiger charge is -2.26. The summed E-state index contributed by atoms with van der Waals surface area (Å²) < 4.78 is 5.36. The van der Waals surface area contributed by atoms with Crippen molar-refractivity contribution in [1.82, 2.24) is 4.90 Å². The number of ether oxygens (including phenoxy) is 1. The van der Waals surface area contributed by atoms with Gasteiger partial charge in [0, 0.05) is 25.1 Å². The van der Waals surface area contributed by atoms with E-state index in [1.165, 1.54) is 0 Å². The van der Waals surface area contributed by atoms with Crippen LogP contribution in [0.5, 0.6) is 5.75 Å². The Morgan fingerprint density at radius 2 is 2.10 bits per heavy atom. The zero-order valence-electron chi connectivity index (χ0n) is 13.3. The van der Waals surface area contributed by atoms with Gasteiger partial charge in [-0.25, -0.2) is 0 Å². The molecule has 1 N–H and O–H groups in total. The SMILES string of the molecule is COc1ccc(CO)cc1CN1CC(C(C)(C)C)CC1=O. The lowest BCUT2D eigenvalue weighted by molar-refractivity contribution is -0.128. The molecule has 1 aromatic carbocycles. The van der Waals surface area contributed by atoms with Gasteiger partial charge in [0.15, 0.2) is 0 Å². The fourth-order valence-corrected chi connectivity index (χ4v) is 2.76. The van der Waals surface area contributed by atoms with Gasteiger partial charge in [-0.1, -0.05) is 26.8 Å². The second-order valence-electron chi connectivity index (χ2n) is 6.85. The number of aliphatic hydroxyl groups excluding tert-OH is 1. The average molecular weight is 291 g/mol. The van der Waals surface area contributed by atoms with Gasteiger partial charge in [0.2, 0.25) is 5.91 Å². The Bertz CT molecular complexity index is 519. The number of benzene rings is 1. The third kappa shape index (κ3) is 3.56. The Hall–Kier alpha value is -1.55. The highest BCUT2D eigenvalue weighted by Gasteiger charge is 2.36. The molecule has 1 amide bonds. The van der Waals surface area contributed by atoms with E-state index in [-0.39, 0.29) is 17.9 Å². The molecule has 0 aliphatic carbocycles. The first-order chi connectivity index (χ1) is 9.85. The number of rotatable bonds is 4. The van der Waals surface area contributed by atoms with E-state index in [0.717, 1.165) is 23.4 Å². The fourth-order valence-electron chi connectivity index (χ4n) is 2.76. The van der Waals surface area contributed by atoms with Gasteiger partial charge >= 0.3 is 0 Å².